The van der Waals surface area contributed by atoms with E-state index < -0.39 is 17.4 Å². The van der Waals surface area contributed by atoms with Gasteiger partial charge in [0.1, 0.15) is 5.39 Å². The van der Waals surface area contributed by atoms with E-state index in [0.29, 0.717) is 5.56 Å². The number of rotatable bonds is 6. The average molecular weight is 428 g/mol. The third kappa shape index (κ3) is 3.89. The van der Waals surface area contributed by atoms with E-state index in [2.05, 4.69) is 0 Å². The van der Waals surface area contributed by atoms with Crippen molar-refractivity contribution in [3.05, 3.63) is 40.6 Å². The monoisotopic (exact) mass is 428 g/mol. The molecule has 0 unspecified atom stereocenters. The highest BCUT2D eigenvalue weighted by molar-refractivity contribution is 5.98. The number of benzene rings is 2. The van der Waals surface area contributed by atoms with E-state index in [-0.39, 0.29) is 45.5 Å². The summed E-state index contributed by atoms with van der Waals surface area (Å²) in [7, 11) is 3.98. The Balaban J connectivity index is 2.59. The quantitative estimate of drug-likeness (QED) is 0.431. The molecule has 1 aromatic heterocycles. The van der Waals surface area contributed by atoms with E-state index in [0.717, 1.165) is 6.92 Å². The molecule has 0 amide bonds. The molecule has 1 heterocycles. The highest BCUT2D eigenvalue weighted by Crippen LogP contribution is 2.51. The highest BCUT2D eigenvalue weighted by atomic mass is 16.6. The van der Waals surface area contributed by atoms with Crippen molar-refractivity contribution in [2.45, 2.75) is 13.8 Å². The lowest BCUT2D eigenvalue weighted by Gasteiger charge is -2.19. The van der Waals surface area contributed by atoms with Gasteiger partial charge in [0.25, 0.3) is 0 Å². The zero-order valence-electron chi connectivity index (χ0n) is 17.6. The SMILES string of the molecule is COc1c(OC)c(OC)c2c(=O)c(OC(C)=O)c(-c3ccccc3)oc2c1OC(C)=O. The fraction of sp³-hybridized carbons (Fsp3) is 0.227. The van der Waals surface area contributed by atoms with Crippen LogP contribution in [0, 0.1) is 0 Å². The maximum atomic E-state index is 13.5. The lowest BCUT2D eigenvalue weighted by Crippen LogP contribution is -2.15. The van der Waals surface area contributed by atoms with Crippen molar-refractivity contribution in [1.82, 2.24) is 0 Å². The van der Waals surface area contributed by atoms with Crippen molar-refractivity contribution in [3.63, 3.8) is 0 Å². The number of methoxy groups -OCH3 is 3. The highest BCUT2D eigenvalue weighted by Gasteiger charge is 2.31. The summed E-state index contributed by atoms with van der Waals surface area (Å²) in [6, 6.07) is 8.55. The number of esters is 2. The fourth-order valence-electron chi connectivity index (χ4n) is 3.13. The summed E-state index contributed by atoms with van der Waals surface area (Å²) in [5.41, 5.74) is -0.397. The normalized spacial score (nSPS) is 10.5. The maximum absolute atomic E-state index is 13.5. The molecule has 0 aliphatic rings. The van der Waals surface area contributed by atoms with Gasteiger partial charge >= 0.3 is 11.9 Å². The Morgan fingerprint density at radius 1 is 0.742 bits per heavy atom. The zero-order chi connectivity index (χ0) is 22.7. The molecule has 3 rings (SSSR count). The van der Waals surface area contributed by atoms with Crippen molar-refractivity contribution in [1.29, 1.82) is 0 Å². The molecule has 0 atom stereocenters. The number of carbonyl (C=O) groups excluding carboxylic acids is 2. The first-order valence-corrected chi connectivity index (χ1v) is 9.08. The molecule has 9 heteroatoms. The van der Waals surface area contributed by atoms with Gasteiger partial charge in [-0.3, -0.25) is 14.4 Å². The molecule has 3 aromatic rings. The average Bonchev–Trinajstić information content (AvgIpc) is 2.75. The van der Waals surface area contributed by atoms with Crippen LogP contribution >= 0.6 is 0 Å². The molecule has 0 aliphatic heterocycles. The van der Waals surface area contributed by atoms with E-state index in [1.54, 1.807) is 30.3 Å². The molecule has 0 N–H and O–H groups in total. The molecular formula is C22H20O9. The number of ether oxygens (including phenoxy) is 5. The lowest BCUT2D eigenvalue weighted by molar-refractivity contribution is -0.132. The predicted octanol–water partition coefficient (Wildman–Crippen LogP) is 3.34. The zero-order valence-corrected chi connectivity index (χ0v) is 17.6. The smallest absolute Gasteiger partial charge is 0.308 e. The third-order valence-electron chi connectivity index (χ3n) is 4.26. The number of hydrogen-bond donors (Lipinski definition) is 0. The van der Waals surface area contributed by atoms with Gasteiger partial charge in [-0.25, -0.2) is 0 Å². The maximum Gasteiger partial charge on any atom is 0.308 e. The Morgan fingerprint density at radius 2 is 1.26 bits per heavy atom. The van der Waals surface area contributed by atoms with Crippen LogP contribution in [0.5, 0.6) is 28.7 Å². The molecule has 9 nitrogen and oxygen atoms in total. The lowest BCUT2D eigenvalue weighted by atomic mass is 10.1. The summed E-state index contributed by atoms with van der Waals surface area (Å²) in [6.07, 6.45) is 0. The Bertz CT molecular complexity index is 1210. The number of carbonyl (C=O) groups is 2. The van der Waals surface area contributed by atoms with Crippen LogP contribution in [0.1, 0.15) is 13.8 Å². The molecule has 0 saturated heterocycles. The van der Waals surface area contributed by atoms with Crippen LogP contribution in [0.15, 0.2) is 39.5 Å². The second-order valence-corrected chi connectivity index (χ2v) is 6.28. The van der Waals surface area contributed by atoms with Gasteiger partial charge in [-0.1, -0.05) is 30.3 Å². The Labute approximate surface area is 177 Å². The van der Waals surface area contributed by atoms with Crippen LogP contribution in [-0.2, 0) is 9.59 Å². The van der Waals surface area contributed by atoms with E-state index >= 15 is 0 Å². The second-order valence-electron chi connectivity index (χ2n) is 6.28. The van der Waals surface area contributed by atoms with Crippen LogP contribution in [0.3, 0.4) is 0 Å². The standard InChI is InChI=1S/C22H20O9/c1-11(23)29-19-15(25)14-17(26-3)20(27-4)21(28-5)22(30-12(2)24)18(14)31-16(19)13-9-7-6-8-10-13/h6-10H,1-5H3. The first-order valence-electron chi connectivity index (χ1n) is 9.08. The summed E-state index contributed by atoms with van der Waals surface area (Å²) >= 11 is 0. The molecule has 0 bridgehead atoms. The fourth-order valence-corrected chi connectivity index (χ4v) is 3.13. The van der Waals surface area contributed by atoms with Gasteiger partial charge < -0.3 is 28.1 Å². The number of hydrogen-bond acceptors (Lipinski definition) is 9. The first kappa shape index (κ1) is 21.7. The van der Waals surface area contributed by atoms with Crippen molar-refractivity contribution in [2.75, 3.05) is 21.3 Å². The minimum absolute atomic E-state index is 0.00212. The molecule has 31 heavy (non-hydrogen) atoms. The summed E-state index contributed by atoms with van der Waals surface area (Å²) in [5.74, 6) is -1.99. The second kappa shape index (κ2) is 8.78. The van der Waals surface area contributed by atoms with Gasteiger partial charge in [-0.2, -0.15) is 0 Å². The van der Waals surface area contributed by atoms with E-state index in [1.807, 2.05) is 0 Å². The Morgan fingerprint density at radius 3 is 1.77 bits per heavy atom. The molecule has 0 saturated carbocycles. The largest absolute Gasteiger partial charge is 0.492 e. The van der Waals surface area contributed by atoms with Crippen molar-refractivity contribution < 1.29 is 37.7 Å². The molecule has 0 aliphatic carbocycles. The summed E-state index contributed by atoms with van der Waals surface area (Å²) in [6.45, 7) is 2.35. The Kier molecular flexibility index (Phi) is 6.15. The topological polar surface area (TPSA) is 110 Å². The van der Waals surface area contributed by atoms with Gasteiger partial charge in [0.05, 0.1) is 21.3 Å². The molecule has 162 valence electrons. The van der Waals surface area contributed by atoms with E-state index in [4.69, 9.17) is 28.1 Å². The van der Waals surface area contributed by atoms with Gasteiger partial charge in [0, 0.05) is 19.4 Å². The minimum atomic E-state index is -0.721. The van der Waals surface area contributed by atoms with Crippen molar-refractivity contribution >= 4 is 22.9 Å². The van der Waals surface area contributed by atoms with Gasteiger partial charge in [0.2, 0.25) is 28.4 Å². The molecule has 0 radical (unpaired) electrons. The molecular weight excluding hydrogens is 408 g/mol. The number of fused-ring (bicyclic) bond motifs is 1. The molecule has 0 spiro atoms. The van der Waals surface area contributed by atoms with Gasteiger partial charge in [-0.15, -0.1) is 0 Å². The molecule has 0 fully saturated rings. The summed E-state index contributed by atoms with van der Waals surface area (Å²) < 4.78 is 32.6. The van der Waals surface area contributed by atoms with Crippen LogP contribution in [0.25, 0.3) is 22.3 Å². The van der Waals surface area contributed by atoms with Gasteiger partial charge in [-0.05, 0) is 0 Å². The van der Waals surface area contributed by atoms with Crippen LogP contribution in [-0.4, -0.2) is 33.3 Å². The van der Waals surface area contributed by atoms with E-state index in [9.17, 15) is 14.4 Å². The Hall–Kier alpha value is -4.01. The van der Waals surface area contributed by atoms with Crippen LogP contribution in [0.2, 0.25) is 0 Å². The summed E-state index contributed by atoms with van der Waals surface area (Å²) in [4.78, 5) is 37.0. The van der Waals surface area contributed by atoms with Crippen LogP contribution in [0.4, 0.5) is 0 Å². The molecule has 2 aromatic carbocycles. The minimum Gasteiger partial charge on any atom is -0.492 e. The van der Waals surface area contributed by atoms with Crippen molar-refractivity contribution in [2.24, 2.45) is 0 Å². The van der Waals surface area contributed by atoms with Gasteiger partial charge in [0.15, 0.2) is 17.1 Å². The van der Waals surface area contributed by atoms with Crippen LogP contribution < -0.4 is 29.1 Å². The van der Waals surface area contributed by atoms with Crippen molar-refractivity contribution in [3.8, 4) is 40.1 Å². The van der Waals surface area contributed by atoms with E-state index in [1.165, 1.54) is 28.3 Å². The first-order chi connectivity index (χ1) is 14.8. The third-order valence-corrected chi connectivity index (χ3v) is 4.26. The summed E-state index contributed by atoms with van der Waals surface area (Å²) in [5, 5.41) is -0.146. The predicted molar refractivity (Wildman–Crippen MR) is 110 cm³/mol.